The van der Waals surface area contributed by atoms with Gasteiger partial charge in [-0.3, -0.25) is 0 Å². The Hall–Kier alpha value is -0.120. The van der Waals surface area contributed by atoms with Crippen LogP contribution >= 0.6 is 0 Å². The summed E-state index contributed by atoms with van der Waals surface area (Å²) < 4.78 is 0. The number of hydrogen-bond acceptors (Lipinski definition) is 3. The lowest BCUT2D eigenvalue weighted by molar-refractivity contribution is 0.238. The molecule has 0 saturated heterocycles. The van der Waals surface area contributed by atoms with Gasteiger partial charge < -0.3 is 15.1 Å². The smallest absolute Gasteiger partial charge is 0.00391 e. The van der Waals surface area contributed by atoms with Crippen molar-refractivity contribution in [1.29, 1.82) is 0 Å². The summed E-state index contributed by atoms with van der Waals surface area (Å²) in [5.41, 5.74) is 0. The molecule has 0 heterocycles. The SMILES string of the molecule is CCCNC(C)CCCN(CC)CCCN(CC)CC. The first kappa shape index (κ1) is 19.9. The highest BCUT2D eigenvalue weighted by atomic mass is 15.1. The van der Waals surface area contributed by atoms with E-state index < -0.39 is 0 Å². The number of rotatable bonds is 14. The fraction of sp³-hybridized carbons (Fsp3) is 1.00. The Morgan fingerprint density at radius 2 is 1.35 bits per heavy atom. The normalized spacial score (nSPS) is 13.3. The van der Waals surface area contributed by atoms with Gasteiger partial charge >= 0.3 is 0 Å². The maximum Gasteiger partial charge on any atom is 0.00391 e. The molecule has 0 spiro atoms. The molecule has 0 aromatic heterocycles. The number of hydrogen-bond donors (Lipinski definition) is 1. The van der Waals surface area contributed by atoms with E-state index in [9.17, 15) is 0 Å². The summed E-state index contributed by atoms with van der Waals surface area (Å²) in [5.74, 6) is 0. The summed E-state index contributed by atoms with van der Waals surface area (Å²) in [6, 6.07) is 0.671. The highest BCUT2D eigenvalue weighted by molar-refractivity contribution is 4.64. The third-order valence-corrected chi connectivity index (χ3v) is 4.14. The molecule has 0 aromatic carbocycles. The zero-order valence-corrected chi connectivity index (χ0v) is 14.7. The lowest BCUT2D eigenvalue weighted by Gasteiger charge is -2.24. The van der Waals surface area contributed by atoms with E-state index >= 15 is 0 Å². The molecule has 0 bridgehead atoms. The van der Waals surface area contributed by atoms with E-state index in [1.54, 1.807) is 0 Å². The van der Waals surface area contributed by atoms with E-state index in [0.717, 1.165) is 6.54 Å². The molecular formula is C17H39N3. The monoisotopic (exact) mass is 285 g/mol. The molecule has 0 radical (unpaired) electrons. The van der Waals surface area contributed by atoms with Crippen LogP contribution in [-0.2, 0) is 0 Å². The molecule has 20 heavy (non-hydrogen) atoms. The van der Waals surface area contributed by atoms with Crippen molar-refractivity contribution in [2.24, 2.45) is 0 Å². The third-order valence-electron chi connectivity index (χ3n) is 4.14. The van der Waals surface area contributed by atoms with E-state index in [1.165, 1.54) is 65.0 Å². The van der Waals surface area contributed by atoms with Crippen molar-refractivity contribution in [2.45, 2.75) is 66.3 Å². The largest absolute Gasteiger partial charge is 0.314 e. The lowest BCUT2D eigenvalue weighted by Crippen LogP contribution is -2.32. The van der Waals surface area contributed by atoms with Gasteiger partial charge in [-0.15, -0.1) is 0 Å². The van der Waals surface area contributed by atoms with E-state index in [4.69, 9.17) is 0 Å². The van der Waals surface area contributed by atoms with Crippen molar-refractivity contribution < 1.29 is 0 Å². The summed E-state index contributed by atoms with van der Waals surface area (Å²) in [7, 11) is 0. The van der Waals surface area contributed by atoms with Crippen LogP contribution in [0, 0.1) is 0 Å². The standard InChI is InChI=1S/C17H39N3/c1-6-13-18-17(5)12-10-14-20(9-4)16-11-15-19(7-2)8-3/h17-18H,6-16H2,1-5H3. The Balaban J connectivity index is 3.65. The van der Waals surface area contributed by atoms with Crippen LogP contribution in [0.1, 0.15) is 60.3 Å². The summed E-state index contributed by atoms with van der Waals surface area (Å²) in [6.45, 7) is 19.8. The molecule has 122 valence electrons. The van der Waals surface area contributed by atoms with Crippen LogP contribution in [0.5, 0.6) is 0 Å². The van der Waals surface area contributed by atoms with E-state index in [0.29, 0.717) is 6.04 Å². The first-order chi connectivity index (χ1) is 9.67. The molecule has 0 aliphatic heterocycles. The lowest BCUT2D eigenvalue weighted by atomic mass is 10.1. The molecule has 3 heteroatoms. The Labute approximate surface area is 128 Å². The number of nitrogens with zero attached hydrogens (tertiary/aromatic N) is 2. The molecule has 0 aromatic rings. The average Bonchev–Trinajstić information content (AvgIpc) is 2.47. The van der Waals surface area contributed by atoms with Crippen LogP contribution in [0.25, 0.3) is 0 Å². The van der Waals surface area contributed by atoms with Gasteiger partial charge in [0.05, 0.1) is 0 Å². The summed E-state index contributed by atoms with van der Waals surface area (Å²) >= 11 is 0. The van der Waals surface area contributed by atoms with Crippen molar-refractivity contribution in [3.8, 4) is 0 Å². The van der Waals surface area contributed by atoms with E-state index in [1.807, 2.05) is 0 Å². The van der Waals surface area contributed by atoms with Gasteiger partial charge in [0.25, 0.3) is 0 Å². The van der Waals surface area contributed by atoms with Crippen LogP contribution in [-0.4, -0.2) is 61.7 Å². The van der Waals surface area contributed by atoms with Gasteiger partial charge in [0.15, 0.2) is 0 Å². The molecule has 0 aliphatic carbocycles. The van der Waals surface area contributed by atoms with Gasteiger partial charge in [0, 0.05) is 6.04 Å². The summed E-state index contributed by atoms with van der Waals surface area (Å²) in [5, 5.41) is 3.57. The summed E-state index contributed by atoms with van der Waals surface area (Å²) in [6.07, 6.45) is 5.15. The number of nitrogens with one attached hydrogen (secondary N) is 1. The molecule has 0 saturated carbocycles. The fourth-order valence-corrected chi connectivity index (χ4v) is 2.60. The van der Waals surface area contributed by atoms with E-state index in [2.05, 4.69) is 49.7 Å². The topological polar surface area (TPSA) is 18.5 Å². The van der Waals surface area contributed by atoms with Crippen LogP contribution in [0.2, 0.25) is 0 Å². The van der Waals surface area contributed by atoms with Crippen molar-refractivity contribution in [2.75, 3.05) is 45.8 Å². The predicted molar refractivity (Wildman–Crippen MR) is 91.5 cm³/mol. The Morgan fingerprint density at radius 1 is 0.800 bits per heavy atom. The van der Waals surface area contributed by atoms with Crippen LogP contribution in [0.15, 0.2) is 0 Å². The fourth-order valence-electron chi connectivity index (χ4n) is 2.60. The highest BCUT2D eigenvalue weighted by Crippen LogP contribution is 2.01. The zero-order chi connectivity index (χ0) is 15.2. The molecule has 0 aliphatic rings. The van der Waals surface area contributed by atoms with Crippen molar-refractivity contribution in [3.63, 3.8) is 0 Å². The van der Waals surface area contributed by atoms with Crippen molar-refractivity contribution in [3.05, 3.63) is 0 Å². The van der Waals surface area contributed by atoms with Crippen molar-refractivity contribution in [1.82, 2.24) is 15.1 Å². The Morgan fingerprint density at radius 3 is 1.90 bits per heavy atom. The van der Waals surface area contributed by atoms with Gasteiger partial charge in [0.1, 0.15) is 0 Å². The molecule has 1 atom stereocenters. The molecule has 0 rings (SSSR count). The average molecular weight is 286 g/mol. The van der Waals surface area contributed by atoms with Crippen LogP contribution in [0.3, 0.4) is 0 Å². The van der Waals surface area contributed by atoms with Crippen molar-refractivity contribution >= 4 is 0 Å². The molecule has 1 N–H and O–H groups in total. The van der Waals surface area contributed by atoms with Crippen LogP contribution in [0.4, 0.5) is 0 Å². The highest BCUT2D eigenvalue weighted by Gasteiger charge is 2.06. The molecular weight excluding hydrogens is 246 g/mol. The molecule has 3 nitrogen and oxygen atoms in total. The van der Waals surface area contributed by atoms with Gasteiger partial charge in [-0.05, 0) is 78.4 Å². The second-order valence-corrected chi connectivity index (χ2v) is 5.81. The minimum atomic E-state index is 0.671. The summed E-state index contributed by atoms with van der Waals surface area (Å²) in [4.78, 5) is 5.13. The molecule has 0 amide bonds. The van der Waals surface area contributed by atoms with Gasteiger partial charge in [-0.25, -0.2) is 0 Å². The third kappa shape index (κ3) is 10.6. The quantitative estimate of drug-likeness (QED) is 0.529. The molecule has 1 unspecified atom stereocenters. The second kappa shape index (κ2) is 13.8. The Bertz CT molecular complexity index is 193. The zero-order valence-electron chi connectivity index (χ0n) is 14.7. The predicted octanol–water partition coefficient (Wildman–Crippen LogP) is 3.21. The van der Waals surface area contributed by atoms with Gasteiger partial charge in [0.2, 0.25) is 0 Å². The van der Waals surface area contributed by atoms with E-state index in [-0.39, 0.29) is 0 Å². The molecule has 0 fully saturated rings. The maximum absolute atomic E-state index is 3.57. The minimum absolute atomic E-state index is 0.671. The minimum Gasteiger partial charge on any atom is -0.314 e. The van der Waals surface area contributed by atoms with Gasteiger partial charge in [-0.1, -0.05) is 27.7 Å². The second-order valence-electron chi connectivity index (χ2n) is 5.81. The first-order valence-corrected chi connectivity index (χ1v) is 8.85. The first-order valence-electron chi connectivity index (χ1n) is 8.85. The van der Waals surface area contributed by atoms with Gasteiger partial charge in [-0.2, -0.15) is 0 Å². The van der Waals surface area contributed by atoms with Crippen LogP contribution < -0.4 is 5.32 Å². The Kier molecular flexibility index (Phi) is 13.8. The maximum atomic E-state index is 3.57.